The van der Waals surface area contributed by atoms with Crippen molar-refractivity contribution in [2.45, 2.75) is 6.92 Å². The van der Waals surface area contributed by atoms with Crippen LogP contribution in [0.1, 0.15) is 57.4 Å². The average molecular weight is 565 g/mol. The standard InChI is InChI=1S/C31H20N2O9/c1-18-5-7-21(8-6-18)31(38)42-23-15-11-19(12-16-23)26(34)17-41-30(37)20-9-13-22(14-10-20)32-28(35)24-3-2-4-25(33(39)40)27(24)29(32)36/h2-16H,17H2,1H3. The molecule has 4 aromatic rings. The maximum atomic E-state index is 12.9. The van der Waals surface area contributed by atoms with Crippen molar-refractivity contribution in [3.63, 3.8) is 0 Å². The van der Waals surface area contributed by atoms with Crippen molar-refractivity contribution in [2.24, 2.45) is 0 Å². The van der Waals surface area contributed by atoms with E-state index in [2.05, 4.69) is 0 Å². The van der Waals surface area contributed by atoms with Crippen LogP contribution in [0.3, 0.4) is 0 Å². The summed E-state index contributed by atoms with van der Waals surface area (Å²) < 4.78 is 10.4. The Kier molecular flexibility index (Phi) is 7.40. The number of nitro groups is 1. The number of Topliss-reactive ketones (excluding diaryl/α,β-unsaturated/α-hetero) is 1. The van der Waals surface area contributed by atoms with Crippen LogP contribution in [0.4, 0.5) is 11.4 Å². The Morgan fingerprint density at radius 3 is 2.00 bits per heavy atom. The number of carbonyl (C=O) groups is 5. The Balaban J connectivity index is 1.18. The lowest BCUT2D eigenvalue weighted by atomic mass is 10.1. The lowest BCUT2D eigenvalue weighted by Gasteiger charge is -2.14. The van der Waals surface area contributed by atoms with Crippen LogP contribution in [0, 0.1) is 17.0 Å². The zero-order valence-electron chi connectivity index (χ0n) is 21.9. The van der Waals surface area contributed by atoms with Crippen molar-refractivity contribution in [1.82, 2.24) is 0 Å². The molecule has 0 N–H and O–H groups in total. The number of fused-ring (bicyclic) bond motifs is 1. The van der Waals surface area contributed by atoms with Gasteiger partial charge in [-0.15, -0.1) is 0 Å². The van der Waals surface area contributed by atoms with E-state index in [1.54, 1.807) is 24.3 Å². The lowest BCUT2D eigenvalue weighted by Crippen LogP contribution is -2.29. The number of aryl methyl sites for hydroxylation is 1. The van der Waals surface area contributed by atoms with E-state index in [4.69, 9.17) is 9.47 Å². The molecule has 1 aliphatic heterocycles. The van der Waals surface area contributed by atoms with E-state index in [9.17, 15) is 34.1 Å². The molecule has 1 aliphatic rings. The number of imide groups is 1. The van der Waals surface area contributed by atoms with E-state index in [1.807, 2.05) is 6.92 Å². The minimum absolute atomic E-state index is 0.0486. The molecular formula is C31H20N2O9. The molecule has 2 amide bonds. The first-order chi connectivity index (χ1) is 20.1. The van der Waals surface area contributed by atoms with Gasteiger partial charge in [-0.2, -0.15) is 0 Å². The van der Waals surface area contributed by atoms with Gasteiger partial charge in [0.15, 0.2) is 12.4 Å². The molecular weight excluding hydrogens is 544 g/mol. The topological polar surface area (TPSA) is 150 Å². The quantitative estimate of drug-likeness (QED) is 0.0722. The largest absolute Gasteiger partial charge is 0.454 e. The Morgan fingerprint density at radius 1 is 0.762 bits per heavy atom. The molecule has 0 aliphatic carbocycles. The summed E-state index contributed by atoms with van der Waals surface area (Å²) in [6.07, 6.45) is 0. The second kappa shape index (κ2) is 11.3. The number of rotatable bonds is 8. The zero-order chi connectivity index (χ0) is 30.0. The number of benzene rings is 4. The van der Waals surface area contributed by atoms with Gasteiger partial charge in [0.05, 0.1) is 27.3 Å². The number of anilines is 1. The van der Waals surface area contributed by atoms with Crippen molar-refractivity contribution in [2.75, 3.05) is 11.5 Å². The van der Waals surface area contributed by atoms with E-state index >= 15 is 0 Å². The molecule has 42 heavy (non-hydrogen) atoms. The van der Waals surface area contributed by atoms with Crippen LogP contribution in [0.2, 0.25) is 0 Å². The van der Waals surface area contributed by atoms with Gasteiger partial charge in [0.25, 0.3) is 17.5 Å². The Bertz CT molecular complexity index is 1760. The molecule has 0 atom stereocenters. The molecule has 1 heterocycles. The number of nitro benzene ring substituents is 1. The van der Waals surface area contributed by atoms with Gasteiger partial charge in [-0.1, -0.05) is 23.8 Å². The summed E-state index contributed by atoms with van der Waals surface area (Å²) in [5.74, 6) is -3.20. The molecule has 0 bridgehead atoms. The van der Waals surface area contributed by atoms with Crippen molar-refractivity contribution in [3.8, 4) is 5.75 Å². The minimum Gasteiger partial charge on any atom is -0.454 e. The van der Waals surface area contributed by atoms with Gasteiger partial charge in [-0.05, 0) is 73.7 Å². The zero-order valence-corrected chi connectivity index (χ0v) is 21.9. The molecule has 0 fully saturated rings. The van der Waals surface area contributed by atoms with Gasteiger partial charge in [0, 0.05) is 11.6 Å². The Hall–Kier alpha value is -5.97. The van der Waals surface area contributed by atoms with Crippen molar-refractivity contribution in [3.05, 3.63) is 134 Å². The molecule has 0 spiro atoms. The summed E-state index contributed by atoms with van der Waals surface area (Å²) in [4.78, 5) is 74.3. The maximum Gasteiger partial charge on any atom is 0.343 e. The number of ether oxygens (including phenoxy) is 2. The molecule has 0 radical (unpaired) electrons. The number of hydrogen-bond donors (Lipinski definition) is 0. The Labute approximate surface area is 238 Å². The number of ketones is 1. The van der Waals surface area contributed by atoms with E-state index in [0.717, 1.165) is 16.5 Å². The number of nitrogens with zero attached hydrogens (tertiary/aromatic N) is 2. The van der Waals surface area contributed by atoms with Crippen LogP contribution in [-0.4, -0.2) is 41.1 Å². The summed E-state index contributed by atoms with van der Waals surface area (Å²) in [7, 11) is 0. The summed E-state index contributed by atoms with van der Waals surface area (Å²) in [5, 5.41) is 11.3. The first-order valence-electron chi connectivity index (χ1n) is 12.5. The number of amides is 2. The highest BCUT2D eigenvalue weighted by molar-refractivity contribution is 6.35. The summed E-state index contributed by atoms with van der Waals surface area (Å²) >= 11 is 0. The first kappa shape index (κ1) is 27.6. The highest BCUT2D eigenvalue weighted by Crippen LogP contribution is 2.34. The van der Waals surface area contributed by atoms with E-state index in [1.165, 1.54) is 60.7 Å². The number of carbonyl (C=O) groups excluding carboxylic acids is 5. The van der Waals surface area contributed by atoms with E-state index in [-0.39, 0.29) is 33.7 Å². The van der Waals surface area contributed by atoms with Crippen molar-refractivity contribution < 1.29 is 38.4 Å². The highest BCUT2D eigenvalue weighted by atomic mass is 16.6. The predicted molar refractivity (Wildman–Crippen MR) is 148 cm³/mol. The molecule has 4 aromatic carbocycles. The second-order valence-electron chi connectivity index (χ2n) is 9.23. The van der Waals surface area contributed by atoms with Gasteiger partial charge in [0.2, 0.25) is 0 Å². The minimum atomic E-state index is -0.848. The van der Waals surface area contributed by atoms with Crippen LogP contribution in [-0.2, 0) is 4.74 Å². The first-order valence-corrected chi connectivity index (χ1v) is 12.5. The fraction of sp³-hybridized carbons (Fsp3) is 0.0645. The monoisotopic (exact) mass is 564 g/mol. The van der Waals surface area contributed by atoms with Gasteiger partial charge in [-0.25, -0.2) is 14.5 Å². The smallest absolute Gasteiger partial charge is 0.343 e. The van der Waals surface area contributed by atoms with E-state index in [0.29, 0.717) is 5.56 Å². The van der Waals surface area contributed by atoms with Crippen LogP contribution in [0.25, 0.3) is 0 Å². The van der Waals surface area contributed by atoms with Crippen LogP contribution in [0.15, 0.2) is 91.0 Å². The lowest BCUT2D eigenvalue weighted by molar-refractivity contribution is -0.385. The van der Waals surface area contributed by atoms with Gasteiger partial charge in [-0.3, -0.25) is 24.5 Å². The molecule has 11 heteroatoms. The fourth-order valence-electron chi connectivity index (χ4n) is 4.26. The third-order valence-corrected chi connectivity index (χ3v) is 6.46. The third kappa shape index (κ3) is 5.39. The number of esters is 2. The number of hydrogen-bond acceptors (Lipinski definition) is 9. The van der Waals surface area contributed by atoms with Crippen LogP contribution >= 0.6 is 0 Å². The fourth-order valence-corrected chi connectivity index (χ4v) is 4.26. The van der Waals surface area contributed by atoms with Gasteiger partial charge < -0.3 is 9.47 Å². The molecule has 208 valence electrons. The molecule has 0 aromatic heterocycles. The highest BCUT2D eigenvalue weighted by Gasteiger charge is 2.41. The van der Waals surface area contributed by atoms with E-state index < -0.39 is 46.8 Å². The average Bonchev–Trinajstić information content (AvgIpc) is 3.25. The summed E-state index contributed by atoms with van der Waals surface area (Å²) in [5.41, 5.74) is 0.903. The van der Waals surface area contributed by atoms with Crippen molar-refractivity contribution >= 4 is 40.9 Å². The molecule has 0 saturated carbocycles. The molecule has 11 nitrogen and oxygen atoms in total. The summed E-state index contributed by atoms with van der Waals surface area (Å²) in [6.45, 7) is 1.34. The molecule has 0 unspecified atom stereocenters. The van der Waals surface area contributed by atoms with Gasteiger partial charge >= 0.3 is 11.9 Å². The normalized spacial score (nSPS) is 12.1. The second-order valence-corrected chi connectivity index (χ2v) is 9.23. The van der Waals surface area contributed by atoms with Crippen LogP contribution < -0.4 is 9.64 Å². The summed E-state index contributed by atoms with van der Waals surface area (Å²) in [6, 6.07) is 21.7. The third-order valence-electron chi connectivity index (χ3n) is 6.46. The SMILES string of the molecule is Cc1ccc(C(=O)Oc2ccc(C(=O)COC(=O)c3ccc(N4C(=O)c5cccc([N+](=O)[O-])c5C4=O)cc3)cc2)cc1. The van der Waals surface area contributed by atoms with Crippen molar-refractivity contribution in [1.29, 1.82) is 0 Å². The van der Waals surface area contributed by atoms with Crippen LogP contribution in [0.5, 0.6) is 5.75 Å². The maximum absolute atomic E-state index is 12.9. The predicted octanol–water partition coefficient (Wildman–Crippen LogP) is 4.96. The molecule has 0 saturated heterocycles. The molecule has 5 rings (SSSR count). The Morgan fingerprint density at radius 2 is 1.36 bits per heavy atom. The van der Waals surface area contributed by atoms with Gasteiger partial charge in [0.1, 0.15) is 11.3 Å².